The molecule has 1 aromatic heterocycles. The number of nitrogens with one attached hydrogen (secondary N) is 2. The first-order valence-electron chi connectivity index (χ1n) is 10.2. The van der Waals surface area contributed by atoms with Gasteiger partial charge < -0.3 is 5.32 Å². The molecule has 164 valence electrons. The SMILES string of the molecule is O=C(CNC(=O)c1ccc(Cl)cc1)NN=Cc1cn(-c2ccccc2)nc1-c1ccccc1. The Labute approximate surface area is 195 Å². The summed E-state index contributed by atoms with van der Waals surface area (Å²) < 4.78 is 1.76. The van der Waals surface area contributed by atoms with E-state index in [9.17, 15) is 9.59 Å². The first-order valence-corrected chi connectivity index (χ1v) is 10.5. The highest BCUT2D eigenvalue weighted by Crippen LogP contribution is 2.22. The van der Waals surface area contributed by atoms with E-state index in [-0.39, 0.29) is 12.5 Å². The maximum absolute atomic E-state index is 12.1. The van der Waals surface area contributed by atoms with Gasteiger partial charge in [0.25, 0.3) is 11.8 Å². The van der Waals surface area contributed by atoms with Crippen molar-refractivity contribution in [3.63, 3.8) is 0 Å². The van der Waals surface area contributed by atoms with Gasteiger partial charge in [0.05, 0.1) is 18.4 Å². The molecule has 0 bridgehead atoms. The molecule has 0 fully saturated rings. The fraction of sp³-hybridized carbons (Fsp3) is 0.0400. The minimum atomic E-state index is -0.453. The van der Waals surface area contributed by atoms with Gasteiger partial charge in [-0.1, -0.05) is 60.1 Å². The van der Waals surface area contributed by atoms with E-state index in [0.717, 1.165) is 22.5 Å². The van der Waals surface area contributed by atoms with Crippen LogP contribution in [0.25, 0.3) is 16.9 Å². The van der Waals surface area contributed by atoms with Gasteiger partial charge in [-0.05, 0) is 36.4 Å². The number of rotatable bonds is 7. The first kappa shape index (κ1) is 22.0. The number of para-hydroxylation sites is 1. The summed E-state index contributed by atoms with van der Waals surface area (Å²) >= 11 is 5.82. The first-order chi connectivity index (χ1) is 16.1. The Bertz CT molecular complexity index is 1270. The molecule has 0 saturated heterocycles. The van der Waals surface area contributed by atoms with Crippen LogP contribution < -0.4 is 10.7 Å². The number of carbonyl (C=O) groups excluding carboxylic acids is 2. The molecule has 4 rings (SSSR count). The van der Waals surface area contributed by atoms with Crippen LogP contribution in [0.4, 0.5) is 0 Å². The van der Waals surface area contributed by atoms with Crippen molar-refractivity contribution in [3.05, 3.63) is 107 Å². The number of benzene rings is 3. The molecular weight excluding hydrogens is 438 g/mol. The van der Waals surface area contributed by atoms with Crippen LogP contribution in [0, 0.1) is 0 Å². The number of hydrogen-bond acceptors (Lipinski definition) is 4. The highest BCUT2D eigenvalue weighted by atomic mass is 35.5. The van der Waals surface area contributed by atoms with Crippen molar-refractivity contribution < 1.29 is 9.59 Å². The van der Waals surface area contributed by atoms with Crippen molar-refractivity contribution in [2.45, 2.75) is 0 Å². The average molecular weight is 458 g/mol. The summed E-state index contributed by atoms with van der Waals surface area (Å²) in [5, 5.41) is 11.8. The molecule has 0 saturated carbocycles. The third kappa shape index (κ3) is 5.72. The largest absolute Gasteiger partial charge is 0.343 e. The van der Waals surface area contributed by atoms with Crippen LogP contribution in [0.3, 0.4) is 0 Å². The van der Waals surface area contributed by atoms with Crippen LogP contribution in [0.2, 0.25) is 5.02 Å². The quantitative estimate of drug-likeness (QED) is 0.324. The Morgan fingerprint density at radius 2 is 1.61 bits per heavy atom. The van der Waals surface area contributed by atoms with Gasteiger partial charge in [-0.25, -0.2) is 10.1 Å². The zero-order valence-corrected chi connectivity index (χ0v) is 18.2. The third-order valence-corrected chi connectivity index (χ3v) is 4.97. The number of aromatic nitrogens is 2. The lowest BCUT2D eigenvalue weighted by molar-refractivity contribution is -0.120. The van der Waals surface area contributed by atoms with Crippen molar-refractivity contribution in [2.24, 2.45) is 5.10 Å². The zero-order valence-electron chi connectivity index (χ0n) is 17.5. The third-order valence-electron chi connectivity index (χ3n) is 4.72. The summed E-state index contributed by atoms with van der Waals surface area (Å²) in [5.41, 5.74) is 6.14. The van der Waals surface area contributed by atoms with E-state index >= 15 is 0 Å². The average Bonchev–Trinajstić information content (AvgIpc) is 3.28. The van der Waals surface area contributed by atoms with Crippen LogP contribution in [-0.4, -0.2) is 34.4 Å². The molecule has 7 nitrogen and oxygen atoms in total. The van der Waals surface area contributed by atoms with Crippen LogP contribution >= 0.6 is 11.6 Å². The maximum Gasteiger partial charge on any atom is 0.259 e. The second-order valence-electron chi connectivity index (χ2n) is 7.06. The van der Waals surface area contributed by atoms with Crippen molar-refractivity contribution in [2.75, 3.05) is 6.54 Å². The Kier molecular flexibility index (Phi) is 6.92. The van der Waals surface area contributed by atoms with E-state index in [1.165, 1.54) is 6.21 Å². The smallest absolute Gasteiger partial charge is 0.259 e. The standard InChI is InChI=1S/C25H20ClN5O2/c26-21-13-11-19(12-14-21)25(33)27-16-23(32)29-28-15-20-17-31(22-9-5-2-6-10-22)30-24(20)18-7-3-1-4-8-18/h1-15,17H,16H2,(H,27,33)(H,29,32). The molecule has 0 aliphatic carbocycles. The van der Waals surface area contributed by atoms with Crippen LogP contribution in [0.5, 0.6) is 0 Å². The molecule has 2 N–H and O–H groups in total. The Balaban J connectivity index is 1.43. The van der Waals surface area contributed by atoms with Crippen LogP contribution in [0.1, 0.15) is 15.9 Å². The van der Waals surface area contributed by atoms with Crippen LogP contribution in [0.15, 0.2) is 96.2 Å². The molecule has 0 aliphatic rings. The highest BCUT2D eigenvalue weighted by Gasteiger charge is 2.11. The minimum absolute atomic E-state index is 0.215. The maximum atomic E-state index is 12.1. The molecule has 0 aliphatic heterocycles. The summed E-state index contributed by atoms with van der Waals surface area (Å²) in [6, 6.07) is 25.8. The van der Waals surface area contributed by atoms with Crippen molar-refractivity contribution >= 4 is 29.6 Å². The number of carbonyl (C=O) groups is 2. The summed E-state index contributed by atoms with van der Waals surface area (Å²) in [4.78, 5) is 24.2. The van der Waals surface area contributed by atoms with E-state index in [0.29, 0.717) is 10.6 Å². The number of hydrazone groups is 1. The van der Waals surface area contributed by atoms with Gasteiger partial charge in [-0.15, -0.1) is 0 Å². The zero-order chi connectivity index (χ0) is 23.0. The lowest BCUT2D eigenvalue weighted by Crippen LogP contribution is -2.34. The molecule has 2 amide bonds. The summed E-state index contributed by atoms with van der Waals surface area (Å²) in [6.45, 7) is -0.215. The molecule has 0 unspecified atom stereocenters. The Hall–Kier alpha value is -4.23. The van der Waals surface area contributed by atoms with Crippen molar-refractivity contribution in [3.8, 4) is 16.9 Å². The molecule has 4 aromatic rings. The molecule has 0 spiro atoms. The topological polar surface area (TPSA) is 88.4 Å². The van der Waals surface area contributed by atoms with Gasteiger partial charge >= 0.3 is 0 Å². The van der Waals surface area contributed by atoms with E-state index in [4.69, 9.17) is 16.7 Å². The predicted octanol–water partition coefficient (Wildman–Crippen LogP) is 4.07. The fourth-order valence-corrected chi connectivity index (χ4v) is 3.22. The van der Waals surface area contributed by atoms with Crippen LogP contribution in [-0.2, 0) is 4.79 Å². The molecule has 8 heteroatoms. The molecule has 3 aromatic carbocycles. The highest BCUT2D eigenvalue weighted by molar-refractivity contribution is 6.30. The van der Waals surface area contributed by atoms with Gasteiger partial charge in [-0.2, -0.15) is 10.2 Å². The lowest BCUT2D eigenvalue weighted by atomic mass is 10.1. The lowest BCUT2D eigenvalue weighted by Gasteiger charge is -2.04. The number of nitrogens with zero attached hydrogens (tertiary/aromatic N) is 3. The second-order valence-corrected chi connectivity index (χ2v) is 7.50. The normalized spacial score (nSPS) is 10.8. The molecule has 0 radical (unpaired) electrons. The molecule has 33 heavy (non-hydrogen) atoms. The molecule has 1 heterocycles. The van der Waals surface area contributed by atoms with Gasteiger partial charge in [0.2, 0.25) is 0 Å². The fourth-order valence-electron chi connectivity index (χ4n) is 3.09. The van der Waals surface area contributed by atoms with E-state index < -0.39 is 5.91 Å². The van der Waals surface area contributed by atoms with E-state index in [1.807, 2.05) is 66.9 Å². The second kappa shape index (κ2) is 10.4. The summed E-state index contributed by atoms with van der Waals surface area (Å²) in [6.07, 6.45) is 3.38. The van der Waals surface area contributed by atoms with Crippen molar-refractivity contribution in [1.82, 2.24) is 20.5 Å². The number of amides is 2. The minimum Gasteiger partial charge on any atom is -0.343 e. The van der Waals surface area contributed by atoms with Gasteiger partial charge in [-0.3, -0.25) is 9.59 Å². The van der Waals surface area contributed by atoms with E-state index in [2.05, 4.69) is 15.8 Å². The number of halogens is 1. The molecule has 0 atom stereocenters. The predicted molar refractivity (Wildman–Crippen MR) is 129 cm³/mol. The monoisotopic (exact) mass is 457 g/mol. The van der Waals surface area contributed by atoms with Crippen molar-refractivity contribution in [1.29, 1.82) is 0 Å². The molecular formula is C25H20ClN5O2. The summed E-state index contributed by atoms with van der Waals surface area (Å²) in [7, 11) is 0. The van der Waals surface area contributed by atoms with Gasteiger partial charge in [0.1, 0.15) is 5.69 Å². The summed E-state index contributed by atoms with van der Waals surface area (Å²) in [5.74, 6) is -0.827. The van der Waals surface area contributed by atoms with Gasteiger partial charge in [0, 0.05) is 27.9 Å². The Morgan fingerprint density at radius 3 is 2.30 bits per heavy atom. The van der Waals surface area contributed by atoms with Gasteiger partial charge in [0.15, 0.2) is 0 Å². The number of hydrogen-bond donors (Lipinski definition) is 2. The Morgan fingerprint density at radius 1 is 0.939 bits per heavy atom. The van der Waals surface area contributed by atoms with E-state index in [1.54, 1.807) is 28.9 Å².